The summed E-state index contributed by atoms with van der Waals surface area (Å²) in [5.74, 6) is 0.844. The summed E-state index contributed by atoms with van der Waals surface area (Å²) in [5, 5.41) is 0.461. The molecule has 1 atom stereocenters. The topological polar surface area (TPSA) is 69.0 Å². The fourth-order valence-electron chi connectivity index (χ4n) is 5.33. The monoisotopic (exact) mass is 545 g/mol. The Morgan fingerprint density at radius 2 is 1.54 bits per heavy atom. The second-order valence-electron chi connectivity index (χ2n) is 10.4. The standard InChI is InChI=1S/C35H31NO5/c1-5-39-30-19-25(13-16-28(30)40-20-24-9-7-6-8-10-24)32-31-33(37)27-17-22(3)23(4)18-29(27)41-34(31)35(38)36(32)26-14-11-21(2)12-15-26/h6-19,32H,5,20H2,1-4H3. The number of aryl methyl sites for hydroxylation is 3. The molecule has 206 valence electrons. The van der Waals surface area contributed by atoms with Gasteiger partial charge >= 0.3 is 0 Å². The Labute approximate surface area is 238 Å². The first-order valence-corrected chi connectivity index (χ1v) is 13.8. The molecular formula is C35H31NO5. The van der Waals surface area contributed by atoms with E-state index in [-0.39, 0.29) is 17.1 Å². The van der Waals surface area contributed by atoms with Gasteiger partial charge in [-0.2, -0.15) is 0 Å². The van der Waals surface area contributed by atoms with Gasteiger partial charge in [-0.1, -0.05) is 54.1 Å². The highest BCUT2D eigenvalue weighted by atomic mass is 16.5. The molecule has 0 radical (unpaired) electrons. The van der Waals surface area contributed by atoms with Gasteiger partial charge in [-0.3, -0.25) is 14.5 Å². The Balaban J connectivity index is 1.51. The number of fused-ring (bicyclic) bond motifs is 2. The highest BCUT2D eigenvalue weighted by Gasteiger charge is 2.44. The van der Waals surface area contributed by atoms with Crippen molar-refractivity contribution in [2.24, 2.45) is 0 Å². The van der Waals surface area contributed by atoms with Crippen LogP contribution in [0.2, 0.25) is 0 Å². The van der Waals surface area contributed by atoms with Crippen LogP contribution in [0.3, 0.4) is 0 Å². The maximum absolute atomic E-state index is 14.1. The molecule has 0 saturated carbocycles. The molecule has 1 aliphatic rings. The zero-order valence-electron chi connectivity index (χ0n) is 23.6. The van der Waals surface area contributed by atoms with Crippen LogP contribution in [-0.4, -0.2) is 12.5 Å². The fraction of sp³-hybridized carbons (Fsp3) is 0.200. The summed E-state index contributed by atoms with van der Waals surface area (Å²) < 4.78 is 18.3. The smallest absolute Gasteiger partial charge is 0.295 e. The number of hydrogen-bond acceptors (Lipinski definition) is 5. The molecule has 0 saturated heterocycles. The summed E-state index contributed by atoms with van der Waals surface area (Å²) in [4.78, 5) is 29.7. The molecule has 41 heavy (non-hydrogen) atoms. The van der Waals surface area contributed by atoms with Crippen LogP contribution >= 0.6 is 0 Å². The SMILES string of the molecule is CCOc1cc(C2c3c(oc4cc(C)c(C)cc4c3=O)C(=O)N2c2ccc(C)cc2)ccc1OCc1ccccc1. The maximum Gasteiger partial charge on any atom is 0.295 e. The largest absolute Gasteiger partial charge is 0.490 e. The Morgan fingerprint density at radius 3 is 2.27 bits per heavy atom. The zero-order chi connectivity index (χ0) is 28.7. The van der Waals surface area contributed by atoms with Gasteiger partial charge in [-0.15, -0.1) is 0 Å². The molecule has 1 amide bonds. The number of carbonyl (C=O) groups is 1. The molecule has 6 heteroatoms. The van der Waals surface area contributed by atoms with E-state index in [1.54, 1.807) is 4.90 Å². The Hall–Kier alpha value is -4.84. The van der Waals surface area contributed by atoms with E-state index in [1.807, 2.05) is 113 Å². The minimum absolute atomic E-state index is 0.0682. The maximum atomic E-state index is 14.1. The van der Waals surface area contributed by atoms with E-state index in [0.717, 1.165) is 27.8 Å². The van der Waals surface area contributed by atoms with Gasteiger partial charge < -0.3 is 13.9 Å². The van der Waals surface area contributed by atoms with Crippen molar-refractivity contribution >= 4 is 22.6 Å². The molecule has 0 spiro atoms. The van der Waals surface area contributed by atoms with E-state index in [0.29, 0.717) is 46.9 Å². The first-order chi connectivity index (χ1) is 19.9. The van der Waals surface area contributed by atoms with Gasteiger partial charge in [0, 0.05) is 5.69 Å². The quantitative estimate of drug-likeness (QED) is 0.213. The highest BCUT2D eigenvalue weighted by Crippen LogP contribution is 2.43. The lowest BCUT2D eigenvalue weighted by Crippen LogP contribution is -2.29. The lowest BCUT2D eigenvalue weighted by Gasteiger charge is -2.26. The van der Waals surface area contributed by atoms with Crippen LogP contribution < -0.4 is 19.8 Å². The van der Waals surface area contributed by atoms with Gasteiger partial charge in [0.2, 0.25) is 5.76 Å². The molecule has 4 aromatic carbocycles. The van der Waals surface area contributed by atoms with Crippen LogP contribution in [0.4, 0.5) is 5.69 Å². The minimum atomic E-state index is -0.704. The summed E-state index contributed by atoms with van der Waals surface area (Å²) in [6.07, 6.45) is 0. The molecule has 1 unspecified atom stereocenters. The lowest BCUT2D eigenvalue weighted by atomic mass is 9.96. The van der Waals surface area contributed by atoms with Crippen molar-refractivity contribution in [3.63, 3.8) is 0 Å². The lowest BCUT2D eigenvalue weighted by molar-refractivity contribution is 0.0971. The van der Waals surface area contributed by atoms with Crippen LogP contribution in [0.25, 0.3) is 11.0 Å². The number of rotatable bonds is 7. The summed E-state index contributed by atoms with van der Waals surface area (Å²) in [7, 11) is 0. The molecule has 5 aromatic rings. The van der Waals surface area contributed by atoms with Crippen molar-refractivity contribution in [1.82, 2.24) is 0 Å². The molecule has 6 nitrogen and oxygen atoms in total. The molecule has 6 rings (SSSR count). The van der Waals surface area contributed by atoms with Gasteiger partial charge in [-0.05, 0) is 86.3 Å². The van der Waals surface area contributed by atoms with Crippen molar-refractivity contribution in [2.75, 3.05) is 11.5 Å². The third kappa shape index (κ3) is 4.76. The summed E-state index contributed by atoms with van der Waals surface area (Å²) in [6, 6.07) is 26.2. The number of ether oxygens (including phenoxy) is 2. The predicted molar refractivity (Wildman–Crippen MR) is 160 cm³/mol. The molecule has 2 heterocycles. The number of anilines is 1. The van der Waals surface area contributed by atoms with E-state index in [1.165, 1.54) is 0 Å². The van der Waals surface area contributed by atoms with Gasteiger partial charge in [0.25, 0.3) is 5.91 Å². The summed E-state index contributed by atoms with van der Waals surface area (Å²) in [5.41, 5.74) is 6.01. The number of nitrogens with zero attached hydrogens (tertiary/aromatic N) is 1. The molecule has 1 aliphatic heterocycles. The normalized spacial score (nSPS) is 14.4. The summed E-state index contributed by atoms with van der Waals surface area (Å²) in [6.45, 7) is 8.64. The highest BCUT2D eigenvalue weighted by molar-refractivity contribution is 6.10. The van der Waals surface area contributed by atoms with E-state index in [2.05, 4.69) is 0 Å². The van der Waals surface area contributed by atoms with Crippen molar-refractivity contribution in [3.8, 4) is 11.5 Å². The minimum Gasteiger partial charge on any atom is -0.490 e. The van der Waals surface area contributed by atoms with Crippen molar-refractivity contribution < 1.29 is 18.7 Å². The Bertz CT molecular complexity index is 1820. The van der Waals surface area contributed by atoms with Crippen molar-refractivity contribution in [3.05, 3.63) is 134 Å². The first-order valence-electron chi connectivity index (χ1n) is 13.8. The summed E-state index contributed by atoms with van der Waals surface area (Å²) >= 11 is 0. The van der Waals surface area contributed by atoms with E-state index in [4.69, 9.17) is 13.9 Å². The van der Waals surface area contributed by atoms with E-state index in [9.17, 15) is 9.59 Å². The molecule has 0 fully saturated rings. The van der Waals surface area contributed by atoms with Crippen molar-refractivity contribution in [2.45, 2.75) is 40.3 Å². The van der Waals surface area contributed by atoms with Gasteiger partial charge in [0.1, 0.15) is 12.2 Å². The molecule has 0 N–H and O–H groups in total. The predicted octanol–water partition coefficient (Wildman–Crippen LogP) is 7.45. The van der Waals surface area contributed by atoms with Crippen LogP contribution in [0.15, 0.2) is 94.1 Å². The Morgan fingerprint density at radius 1 is 0.805 bits per heavy atom. The fourth-order valence-corrected chi connectivity index (χ4v) is 5.33. The number of hydrogen-bond donors (Lipinski definition) is 0. The van der Waals surface area contributed by atoms with Crippen LogP contribution in [0.1, 0.15) is 56.9 Å². The molecule has 0 bridgehead atoms. The zero-order valence-corrected chi connectivity index (χ0v) is 23.6. The first kappa shape index (κ1) is 26.4. The van der Waals surface area contributed by atoms with E-state index < -0.39 is 6.04 Å². The van der Waals surface area contributed by atoms with Crippen LogP contribution in [-0.2, 0) is 6.61 Å². The van der Waals surface area contributed by atoms with Crippen LogP contribution in [0, 0.1) is 20.8 Å². The van der Waals surface area contributed by atoms with Gasteiger partial charge in [-0.25, -0.2) is 0 Å². The third-order valence-electron chi connectivity index (χ3n) is 7.62. The van der Waals surface area contributed by atoms with Crippen LogP contribution in [0.5, 0.6) is 11.5 Å². The Kier molecular flexibility index (Phi) is 6.83. The number of carbonyl (C=O) groups excluding carboxylic acids is 1. The second-order valence-corrected chi connectivity index (χ2v) is 10.4. The van der Waals surface area contributed by atoms with E-state index >= 15 is 0 Å². The second kappa shape index (κ2) is 10.6. The number of benzene rings is 4. The number of amides is 1. The third-order valence-corrected chi connectivity index (χ3v) is 7.62. The molecule has 0 aliphatic carbocycles. The average Bonchev–Trinajstić information content (AvgIpc) is 3.27. The van der Waals surface area contributed by atoms with Gasteiger partial charge in [0.15, 0.2) is 16.9 Å². The molecular weight excluding hydrogens is 514 g/mol. The molecule has 1 aromatic heterocycles. The average molecular weight is 546 g/mol. The van der Waals surface area contributed by atoms with Crippen molar-refractivity contribution in [1.29, 1.82) is 0 Å². The van der Waals surface area contributed by atoms with Gasteiger partial charge in [0.05, 0.1) is 23.6 Å².